The van der Waals surface area contributed by atoms with Crippen LogP contribution in [0.15, 0.2) is 0 Å². The lowest BCUT2D eigenvalue weighted by atomic mass is 9.99. The Morgan fingerprint density at radius 1 is 1.29 bits per heavy atom. The highest BCUT2D eigenvalue weighted by Crippen LogP contribution is 2.14. The molecule has 0 radical (unpaired) electrons. The van der Waals surface area contributed by atoms with Gasteiger partial charge in [-0.15, -0.1) is 0 Å². The first-order valence-electron chi connectivity index (χ1n) is 6.61. The third-order valence-electron chi connectivity index (χ3n) is 3.26. The van der Waals surface area contributed by atoms with Crippen molar-refractivity contribution in [2.75, 3.05) is 46.6 Å². The van der Waals surface area contributed by atoms with Crippen molar-refractivity contribution in [1.29, 1.82) is 0 Å². The average Bonchev–Trinajstić information content (AvgIpc) is 2.28. The van der Waals surface area contributed by atoms with Crippen molar-refractivity contribution in [3.63, 3.8) is 0 Å². The summed E-state index contributed by atoms with van der Waals surface area (Å²) in [5.74, 6) is 0. The molecule has 1 aliphatic rings. The average molecular weight is 244 g/mol. The second-order valence-corrected chi connectivity index (χ2v) is 5.54. The van der Waals surface area contributed by atoms with Gasteiger partial charge in [-0.2, -0.15) is 0 Å². The standard InChI is InChI=1S/C13H28N2O2/c1-12-10-14-13(2,3)11-15(12)6-9-17-8-5-7-16-4/h12,14H,5-11H2,1-4H3. The summed E-state index contributed by atoms with van der Waals surface area (Å²) in [5.41, 5.74) is 0.225. The molecule has 4 nitrogen and oxygen atoms in total. The fraction of sp³-hybridized carbons (Fsp3) is 1.00. The molecule has 0 aromatic rings. The molecule has 0 spiro atoms. The van der Waals surface area contributed by atoms with Crippen molar-refractivity contribution in [2.45, 2.75) is 38.8 Å². The van der Waals surface area contributed by atoms with Crippen LogP contribution in [0.25, 0.3) is 0 Å². The minimum absolute atomic E-state index is 0.225. The molecule has 102 valence electrons. The maximum Gasteiger partial charge on any atom is 0.0593 e. The molecular weight excluding hydrogens is 216 g/mol. The Morgan fingerprint density at radius 2 is 2.06 bits per heavy atom. The number of nitrogens with zero attached hydrogens (tertiary/aromatic N) is 1. The first-order chi connectivity index (χ1) is 8.05. The summed E-state index contributed by atoms with van der Waals surface area (Å²) in [6, 6.07) is 0.602. The third kappa shape index (κ3) is 5.82. The van der Waals surface area contributed by atoms with Gasteiger partial charge in [0, 0.05) is 51.5 Å². The van der Waals surface area contributed by atoms with E-state index in [-0.39, 0.29) is 5.54 Å². The molecule has 1 unspecified atom stereocenters. The topological polar surface area (TPSA) is 33.7 Å². The van der Waals surface area contributed by atoms with Gasteiger partial charge in [-0.25, -0.2) is 0 Å². The highest BCUT2D eigenvalue weighted by atomic mass is 16.5. The third-order valence-corrected chi connectivity index (χ3v) is 3.26. The minimum atomic E-state index is 0.225. The summed E-state index contributed by atoms with van der Waals surface area (Å²) in [7, 11) is 1.73. The minimum Gasteiger partial charge on any atom is -0.385 e. The van der Waals surface area contributed by atoms with E-state index in [0.29, 0.717) is 6.04 Å². The molecule has 1 atom stereocenters. The van der Waals surface area contributed by atoms with Crippen molar-refractivity contribution < 1.29 is 9.47 Å². The van der Waals surface area contributed by atoms with Gasteiger partial charge in [0.15, 0.2) is 0 Å². The number of rotatable bonds is 7. The van der Waals surface area contributed by atoms with E-state index in [9.17, 15) is 0 Å². The Hall–Kier alpha value is -0.160. The van der Waals surface area contributed by atoms with E-state index in [1.54, 1.807) is 7.11 Å². The zero-order valence-electron chi connectivity index (χ0n) is 11.8. The summed E-state index contributed by atoms with van der Waals surface area (Å²) < 4.78 is 10.6. The van der Waals surface area contributed by atoms with E-state index in [0.717, 1.165) is 45.9 Å². The van der Waals surface area contributed by atoms with Crippen LogP contribution in [0.3, 0.4) is 0 Å². The molecule has 1 fully saturated rings. The fourth-order valence-electron chi connectivity index (χ4n) is 2.16. The van der Waals surface area contributed by atoms with Gasteiger partial charge >= 0.3 is 0 Å². The van der Waals surface area contributed by atoms with Crippen molar-refractivity contribution in [2.24, 2.45) is 0 Å². The number of hydrogen-bond acceptors (Lipinski definition) is 4. The monoisotopic (exact) mass is 244 g/mol. The highest BCUT2D eigenvalue weighted by molar-refractivity contribution is 4.90. The van der Waals surface area contributed by atoms with Crippen LogP contribution in [0.4, 0.5) is 0 Å². The molecule has 0 bridgehead atoms. The normalized spacial score (nSPS) is 25.1. The van der Waals surface area contributed by atoms with Crippen LogP contribution >= 0.6 is 0 Å². The van der Waals surface area contributed by atoms with Crippen molar-refractivity contribution >= 4 is 0 Å². The van der Waals surface area contributed by atoms with Gasteiger partial charge in [-0.3, -0.25) is 4.90 Å². The molecule has 0 saturated carbocycles. The highest BCUT2D eigenvalue weighted by Gasteiger charge is 2.29. The van der Waals surface area contributed by atoms with Gasteiger partial charge in [0.05, 0.1) is 6.61 Å². The summed E-state index contributed by atoms with van der Waals surface area (Å²) >= 11 is 0. The Bertz CT molecular complexity index is 210. The predicted molar refractivity (Wildman–Crippen MR) is 70.4 cm³/mol. The van der Waals surface area contributed by atoms with Crippen LogP contribution in [0, 0.1) is 0 Å². The SMILES string of the molecule is COCCCOCCN1CC(C)(C)NCC1C. The summed E-state index contributed by atoms with van der Waals surface area (Å²) in [6.45, 7) is 12.4. The predicted octanol–water partition coefficient (Wildman–Crippen LogP) is 1.11. The molecule has 0 amide bonds. The largest absolute Gasteiger partial charge is 0.385 e. The molecule has 1 aliphatic heterocycles. The Morgan fingerprint density at radius 3 is 2.76 bits per heavy atom. The van der Waals surface area contributed by atoms with Crippen molar-refractivity contribution in [3.05, 3.63) is 0 Å². The van der Waals surface area contributed by atoms with Gasteiger partial charge in [0.2, 0.25) is 0 Å². The number of hydrogen-bond donors (Lipinski definition) is 1. The Kier molecular flexibility index (Phi) is 6.41. The molecule has 0 aromatic carbocycles. The maximum atomic E-state index is 5.61. The first-order valence-corrected chi connectivity index (χ1v) is 6.61. The second kappa shape index (κ2) is 7.31. The lowest BCUT2D eigenvalue weighted by Crippen LogP contribution is -2.61. The van der Waals surface area contributed by atoms with Crippen LogP contribution in [-0.4, -0.2) is 63.0 Å². The molecule has 1 rings (SSSR count). The van der Waals surface area contributed by atoms with E-state index in [2.05, 4.69) is 31.0 Å². The Balaban J connectivity index is 2.12. The van der Waals surface area contributed by atoms with Crippen LogP contribution in [0.2, 0.25) is 0 Å². The van der Waals surface area contributed by atoms with Crippen LogP contribution in [0.1, 0.15) is 27.2 Å². The van der Waals surface area contributed by atoms with E-state index < -0.39 is 0 Å². The summed E-state index contributed by atoms with van der Waals surface area (Å²) in [5, 5.41) is 3.56. The molecule has 0 aliphatic carbocycles. The zero-order valence-corrected chi connectivity index (χ0v) is 11.8. The lowest BCUT2D eigenvalue weighted by molar-refractivity contribution is 0.0480. The number of methoxy groups -OCH3 is 1. The summed E-state index contributed by atoms with van der Waals surface area (Å²) in [6.07, 6.45) is 0.985. The maximum absolute atomic E-state index is 5.61. The van der Waals surface area contributed by atoms with Gasteiger partial charge in [-0.05, 0) is 27.2 Å². The number of piperazine rings is 1. The lowest BCUT2D eigenvalue weighted by Gasteiger charge is -2.43. The van der Waals surface area contributed by atoms with Gasteiger partial charge in [0.1, 0.15) is 0 Å². The Labute approximate surface area is 106 Å². The fourth-order valence-corrected chi connectivity index (χ4v) is 2.16. The zero-order chi connectivity index (χ0) is 12.7. The smallest absolute Gasteiger partial charge is 0.0593 e. The van der Waals surface area contributed by atoms with Crippen LogP contribution in [-0.2, 0) is 9.47 Å². The first kappa shape index (κ1) is 14.9. The number of ether oxygens (including phenoxy) is 2. The van der Waals surface area contributed by atoms with E-state index in [1.165, 1.54) is 0 Å². The molecule has 1 heterocycles. The van der Waals surface area contributed by atoms with E-state index >= 15 is 0 Å². The summed E-state index contributed by atoms with van der Waals surface area (Å²) in [4.78, 5) is 2.51. The quantitative estimate of drug-likeness (QED) is 0.680. The van der Waals surface area contributed by atoms with Gasteiger partial charge in [-0.1, -0.05) is 0 Å². The molecule has 17 heavy (non-hydrogen) atoms. The van der Waals surface area contributed by atoms with Crippen molar-refractivity contribution in [3.8, 4) is 0 Å². The number of nitrogens with one attached hydrogen (secondary N) is 1. The van der Waals surface area contributed by atoms with Crippen LogP contribution in [0.5, 0.6) is 0 Å². The van der Waals surface area contributed by atoms with E-state index in [4.69, 9.17) is 9.47 Å². The molecule has 4 heteroatoms. The van der Waals surface area contributed by atoms with E-state index in [1.807, 2.05) is 0 Å². The molecule has 0 aromatic heterocycles. The molecular formula is C13H28N2O2. The molecule has 1 N–H and O–H groups in total. The van der Waals surface area contributed by atoms with Crippen molar-refractivity contribution in [1.82, 2.24) is 10.2 Å². The van der Waals surface area contributed by atoms with Crippen LogP contribution < -0.4 is 5.32 Å². The van der Waals surface area contributed by atoms with Gasteiger partial charge < -0.3 is 14.8 Å². The second-order valence-electron chi connectivity index (χ2n) is 5.54. The van der Waals surface area contributed by atoms with Gasteiger partial charge in [0.25, 0.3) is 0 Å². The molecule has 1 saturated heterocycles.